The van der Waals surface area contributed by atoms with Crippen LogP contribution >= 0.6 is 38.5 Å². The Morgan fingerprint density at radius 3 is 2.44 bits per heavy atom. The minimum absolute atomic E-state index is 0.286. The van der Waals surface area contributed by atoms with E-state index in [-0.39, 0.29) is 11.5 Å². The fourth-order valence-corrected chi connectivity index (χ4v) is 1.98. The van der Waals surface area contributed by atoms with Gasteiger partial charge in [0.15, 0.2) is 0 Å². The molecule has 1 N–H and O–H groups in total. The number of hydrogen-bond donors (Lipinski definition) is 1. The average Bonchev–Trinajstić information content (AvgIpc) is 2.35. The first-order valence-electron chi connectivity index (χ1n) is 5.08. The van der Waals surface area contributed by atoms with E-state index in [9.17, 15) is 9.18 Å². The molecule has 0 aromatic heterocycles. The van der Waals surface area contributed by atoms with Gasteiger partial charge in [-0.3, -0.25) is 4.79 Å². The number of rotatable bonds is 2. The summed E-state index contributed by atoms with van der Waals surface area (Å²) in [6, 6.07) is 11.7. The van der Waals surface area contributed by atoms with Crippen molar-refractivity contribution in [2.24, 2.45) is 0 Å². The normalized spacial score (nSPS) is 10.2. The summed E-state index contributed by atoms with van der Waals surface area (Å²) in [5, 5.41) is 2.71. The molecular weight excluding hydrogens is 412 g/mol. The van der Waals surface area contributed by atoms with E-state index >= 15 is 0 Å². The highest BCUT2D eigenvalue weighted by Gasteiger charge is 2.08. The fourth-order valence-electron chi connectivity index (χ4n) is 1.37. The molecular formula is C13H8BrFINO. The zero-order valence-electron chi connectivity index (χ0n) is 9.08. The maximum absolute atomic E-state index is 13.3. The summed E-state index contributed by atoms with van der Waals surface area (Å²) in [6.07, 6.45) is 0. The second-order valence-corrected chi connectivity index (χ2v) is 5.69. The lowest BCUT2D eigenvalue weighted by Crippen LogP contribution is -2.12. The van der Waals surface area contributed by atoms with Gasteiger partial charge >= 0.3 is 0 Å². The van der Waals surface area contributed by atoms with Gasteiger partial charge in [0, 0.05) is 14.8 Å². The SMILES string of the molecule is O=C(Nc1ccc(I)cc1)c1ccc(Br)c(F)c1. The number of benzene rings is 2. The lowest BCUT2D eigenvalue weighted by Gasteiger charge is -2.06. The third-order valence-electron chi connectivity index (χ3n) is 2.28. The molecule has 2 nitrogen and oxygen atoms in total. The number of anilines is 1. The summed E-state index contributed by atoms with van der Waals surface area (Å²) in [7, 11) is 0. The third-order valence-corrected chi connectivity index (χ3v) is 3.65. The van der Waals surface area contributed by atoms with Crippen LogP contribution in [0.4, 0.5) is 10.1 Å². The summed E-state index contributed by atoms with van der Waals surface area (Å²) in [4.78, 5) is 11.9. The molecule has 0 bridgehead atoms. The molecule has 5 heteroatoms. The molecule has 2 rings (SSSR count). The van der Waals surface area contributed by atoms with E-state index in [0.717, 1.165) is 3.57 Å². The van der Waals surface area contributed by atoms with Crippen LogP contribution in [-0.2, 0) is 0 Å². The van der Waals surface area contributed by atoms with E-state index < -0.39 is 5.82 Å². The topological polar surface area (TPSA) is 29.1 Å². The second-order valence-electron chi connectivity index (χ2n) is 3.59. The van der Waals surface area contributed by atoms with Gasteiger partial charge in [-0.1, -0.05) is 0 Å². The van der Waals surface area contributed by atoms with E-state index in [4.69, 9.17) is 0 Å². The fraction of sp³-hybridized carbons (Fsp3) is 0. The standard InChI is InChI=1S/C13H8BrFINO/c14-11-6-1-8(7-12(11)15)13(18)17-10-4-2-9(16)3-5-10/h1-7H,(H,17,18). The smallest absolute Gasteiger partial charge is 0.255 e. The van der Waals surface area contributed by atoms with Crippen LogP contribution in [-0.4, -0.2) is 5.91 Å². The van der Waals surface area contributed by atoms with E-state index in [0.29, 0.717) is 10.2 Å². The molecule has 0 saturated heterocycles. The van der Waals surface area contributed by atoms with Crippen LogP contribution in [0.5, 0.6) is 0 Å². The number of carbonyl (C=O) groups excluding carboxylic acids is 1. The average molecular weight is 420 g/mol. The van der Waals surface area contributed by atoms with Gasteiger partial charge < -0.3 is 5.32 Å². The summed E-state index contributed by atoms with van der Waals surface area (Å²) >= 11 is 5.23. The van der Waals surface area contributed by atoms with Gasteiger partial charge in [-0.05, 0) is 81.0 Å². The van der Waals surface area contributed by atoms with Crippen molar-refractivity contribution in [1.29, 1.82) is 0 Å². The zero-order chi connectivity index (χ0) is 13.1. The second kappa shape index (κ2) is 5.79. The first-order chi connectivity index (χ1) is 8.56. The number of halogens is 3. The van der Waals surface area contributed by atoms with Crippen molar-refractivity contribution in [2.75, 3.05) is 5.32 Å². The van der Waals surface area contributed by atoms with Gasteiger partial charge in [0.25, 0.3) is 5.91 Å². The summed E-state index contributed by atoms with van der Waals surface area (Å²) in [5.41, 5.74) is 0.970. The maximum atomic E-state index is 13.3. The van der Waals surface area contributed by atoms with Gasteiger partial charge in [0.1, 0.15) is 5.82 Å². The molecule has 1 amide bonds. The molecule has 0 aliphatic rings. The zero-order valence-corrected chi connectivity index (χ0v) is 12.8. The summed E-state index contributed by atoms with van der Waals surface area (Å²) < 4.78 is 14.7. The lowest BCUT2D eigenvalue weighted by molar-refractivity contribution is 0.102. The molecule has 0 unspecified atom stereocenters. The van der Waals surface area contributed by atoms with Crippen LogP contribution in [0.25, 0.3) is 0 Å². The first-order valence-corrected chi connectivity index (χ1v) is 6.95. The van der Waals surface area contributed by atoms with Crippen molar-refractivity contribution in [3.05, 3.63) is 61.9 Å². The molecule has 2 aromatic carbocycles. The predicted molar refractivity (Wildman–Crippen MR) is 81.2 cm³/mol. The Morgan fingerprint density at radius 1 is 1.17 bits per heavy atom. The molecule has 0 aliphatic carbocycles. The van der Waals surface area contributed by atoms with Crippen LogP contribution in [0.2, 0.25) is 0 Å². The molecule has 2 aromatic rings. The predicted octanol–water partition coefficient (Wildman–Crippen LogP) is 4.45. The molecule has 0 saturated carbocycles. The van der Waals surface area contributed by atoms with Gasteiger partial charge in [-0.2, -0.15) is 0 Å². The quantitative estimate of drug-likeness (QED) is 0.716. The monoisotopic (exact) mass is 419 g/mol. The first kappa shape index (κ1) is 13.5. The Morgan fingerprint density at radius 2 is 1.83 bits per heavy atom. The molecule has 0 spiro atoms. The molecule has 0 fully saturated rings. The van der Waals surface area contributed by atoms with Crippen LogP contribution < -0.4 is 5.32 Å². The molecule has 0 heterocycles. The van der Waals surface area contributed by atoms with E-state index in [1.165, 1.54) is 12.1 Å². The Kier molecular flexibility index (Phi) is 4.34. The largest absolute Gasteiger partial charge is 0.322 e. The highest BCUT2D eigenvalue weighted by atomic mass is 127. The van der Waals surface area contributed by atoms with Crippen LogP contribution in [0.1, 0.15) is 10.4 Å². The summed E-state index contributed by atoms with van der Waals surface area (Å²) in [5.74, 6) is -0.784. The Bertz CT molecular complexity index is 586. The lowest BCUT2D eigenvalue weighted by atomic mass is 10.2. The van der Waals surface area contributed by atoms with Crippen molar-refractivity contribution < 1.29 is 9.18 Å². The number of hydrogen-bond acceptors (Lipinski definition) is 1. The van der Waals surface area contributed by atoms with Crippen molar-refractivity contribution in [1.82, 2.24) is 0 Å². The molecule has 0 aliphatic heterocycles. The number of amides is 1. The number of nitrogens with one attached hydrogen (secondary N) is 1. The molecule has 0 atom stereocenters. The van der Waals surface area contributed by atoms with Crippen molar-refractivity contribution >= 4 is 50.1 Å². The number of carbonyl (C=O) groups is 1. The van der Waals surface area contributed by atoms with Gasteiger partial charge in [-0.25, -0.2) is 4.39 Å². The van der Waals surface area contributed by atoms with Crippen LogP contribution in [0, 0.1) is 9.39 Å². The van der Waals surface area contributed by atoms with E-state index in [1.807, 2.05) is 12.1 Å². The molecule has 18 heavy (non-hydrogen) atoms. The van der Waals surface area contributed by atoms with Crippen molar-refractivity contribution in [3.8, 4) is 0 Å². The van der Waals surface area contributed by atoms with Crippen molar-refractivity contribution in [3.63, 3.8) is 0 Å². The summed E-state index contributed by atoms with van der Waals surface area (Å²) in [6.45, 7) is 0. The van der Waals surface area contributed by atoms with Crippen LogP contribution in [0.3, 0.4) is 0 Å². The minimum Gasteiger partial charge on any atom is -0.322 e. The Hall–Kier alpha value is -0.950. The highest BCUT2D eigenvalue weighted by Crippen LogP contribution is 2.18. The highest BCUT2D eigenvalue weighted by molar-refractivity contribution is 14.1. The Labute approximate surface area is 126 Å². The van der Waals surface area contributed by atoms with E-state index in [2.05, 4.69) is 43.8 Å². The van der Waals surface area contributed by atoms with Crippen LogP contribution in [0.15, 0.2) is 46.9 Å². The van der Waals surface area contributed by atoms with Gasteiger partial charge in [-0.15, -0.1) is 0 Å². The molecule has 0 radical (unpaired) electrons. The van der Waals surface area contributed by atoms with E-state index in [1.54, 1.807) is 18.2 Å². The van der Waals surface area contributed by atoms with Gasteiger partial charge in [0.05, 0.1) is 4.47 Å². The third kappa shape index (κ3) is 3.29. The minimum atomic E-state index is -0.453. The Balaban J connectivity index is 2.16. The molecule has 92 valence electrons. The maximum Gasteiger partial charge on any atom is 0.255 e. The van der Waals surface area contributed by atoms with Crippen molar-refractivity contribution in [2.45, 2.75) is 0 Å². The van der Waals surface area contributed by atoms with Gasteiger partial charge in [0.2, 0.25) is 0 Å².